The maximum atomic E-state index is 11.4. The molecule has 1 heterocycles. The summed E-state index contributed by atoms with van der Waals surface area (Å²) >= 11 is 3.38. The molecule has 0 fully saturated rings. The van der Waals surface area contributed by atoms with Crippen molar-refractivity contribution in [1.29, 1.82) is 0 Å². The lowest BCUT2D eigenvalue weighted by molar-refractivity contribution is 0.0688. The summed E-state index contributed by atoms with van der Waals surface area (Å²) in [6.07, 6.45) is 1.55. The second-order valence-corrected chi connectivity index (χ2v) is 5.25. The number of ketones is 1. The van der Waals surface area contributed by atoms with E-state index >= 15 is 0 Å². The number of aromatic nitrogens is 1. The van der Waals surface area contributed by atoms with E-state index in [2.05, 4.69) is 15.9 Å². The quantitative estimate of drug-likeness (QED) is 0.881. The fourth-order valence-corrected chi connectivity index (χ4v) is 2.49. The highest BCUT2D eigenvalue weighted by Gasteiger charge is 2.16. The Kier molecular flexibility index (Phi) is 3.57. The van der Waals surface area contributed by atoms with Crippen LogP contribution in [0.3, 0.4) is 0 Å². The molecule has 0 aliphatic heterocycles. The van der Waals surface area contributed by atoms with Gasteiger partial charge in [0.2, 0.25) is 0 Å². The van der Waals surface area contributed by atoms with Crippen LogP contribution in [-0.2, 0) is 0 Å². The zero-order chi connectivity index (χ0) is 14.2. The number of benzene rings is 1. The molecule has 0 amide bonds. The third-order valence-electron chi connectivity index (χ3n) is 2.75. The minimum Gasteiger partial charge on any atom is -0.477 e. The maximum absolute atomic E-state index is 11.4. The molecule has 1 N–H and O–H groups in total. The van der Waals surface area contributed by atoms with Crippen LogP contribution in [0.15, 0.2) is 34.9 Å². The molecule has 2 rings (SSSR count). The van der Waals surface area contributed by atoms with Gasteiger partial charge >= 0.3 is 5.97 Å². The van der Waals surface area contributed by atoms with Gasteiger partial charge in [0.1, 0.15) is 5.69 Å². The van der Waals surface area contributed by atoms with Gasteiger partial charge in [0.25, 0.3) is 0 Å². The molecule has 5 heteroatoms. The summed E-state index contributed by atoms with van der Waals surface area (Å²) in [7, 11) is 0. The average molecular weight is 322 g/mol. The van der Waals surface area contributed by atoms with Crippen molar-refractivity contribution >= 4 is 27.7 Å². The summed E-state index contributed by atoms with van der Waals surface area (Å²) < 4.78 is 2.37. The van der Waals surface area contributed by atoms with Gasteiger partial charge in [-0.2, -0.15) is 0 Å². The minimum atomic E-state index is -1.06. The number of rotatable bonds is 3. The van der Waals surface area contributed by atoms with Crippen molar-refractivity contribution in [3.63, 3.8) is 0 Å². The smallest absolute Gasteiger partial charge is 0.352 e. The Balaban J connectivity index is 2.66. The van der Waals surface area contributed by atoms with Crippen LogP contribution in [0, 0.1) is 6.92 Å². The van der Waals surface area contributed by atoms with Crippen LogP contribution < -0.4 is 0 Å². The number of carboxylic acids is 1. The molecule has 0 atom stereocenters. The van der Waals surface area contributed by atoms with Gasteiger partial charge < -0.3 is 9.67 Å². The van der Waals surface area contributed by atoms with Gasteiger partial charge in [-0.15, -0.1) is 0 Å². The number of aryl methyl sites for hydroxylation is 1. The van der Waals surface area contributed by atoms with Gasteiger partial charge in [-0.1, -0.05) is 15.9 Å². The second kappa shape index (κ2) is 5.01. The molecular formula is C14H12BrNO3. The number of hydrogen-bond donors (Lipinski definition) is 1. The lowest BCUT2D eigenvalue weighted by Crippen LogP contribution is -2.05. The number of hydrogen-bond acceptors (Lipinski definition) is 2. The first-order valence-electron chi connectivity index (χ1n) is 5.62. The molecule has 0 spiro atoms. The maximum Gasteiger partial charge on any atom is 0.352 e. The van der Waals surface area contributed by atoms with E-state index in [1.165, 1.54) is 17.6 Å². The van der Waals surface area contributed by atoms with E-state index < -0.39 is 5.97 Å². The summed E-state index contributed by atoms with van der Waals surface area (Å²) in [6.45, 7) is 3.33. The molecular weight excluding hydrogens is 310 g/mol. The standard InChI is InChI=1S/C14H12BrNO3/c1-8-3-11(15)6-12(4-8)16-7-10(9(2)17)5-13(16)14(18)19/h3-7H,1-2H3,(H,18,19). The number of halogens is 1. The van der Waals surface area contributed by atoms with Crippen LogP contribution in [0.1, 0.15) is 33.3 Å². The van der Waals surface area contributed by atoms with Crippen molar-refractivity contribution in [3.8, 4) is 5.69 Å². The van der Waals surface area contributed by atoms with E-state index in [1.54, 1.807) is 6.20 Å². The summed E-state index contributed by atoms with van der Waals surface area (Å²) in [5.74, 6) is -1.22. The zero-order valence-corrected chi connectivity index (χ0v) is 12.1. The normalized spacial score (nSPS) is 10.5. The van der Waals surface area contributed by atoms with Crippen LogP contribution in [0.5, 0.6) is 0 Å². The minimum absolute atomic E-state index is 0.0719. The van der Waals surface area contributed by atoms with Gasteiger partial charge in [0.05, 0.1) is 0 Å². The van der Waals surface area contributed by atoms with E-state index in [0.717, 1.165) is 10.0 Å². The highest BCUT2D eigenvalue weighted by atomic mass is 79.9. The molecule has 0 saturated heterocycles. The highest BCUT2D eigenvalue weighted by Crippen LogP contribution is 2.22. The second-order valence-electron chi connectivity index (χ2n) is 4.33. The van der Waals surface area contributed by atoms with Gasteiger partial charge in [0, 0.05) is 21.9 Å². The Morgan fingerprint density at radius 3 is 2.42 bits per heavy atom. The molecule has 98 valence electrons. The fraction of sp³-hybridized carbons (Fsp3) is 0.143. The first-order valence-corrected chi connectivity index (χ1v) is 6.42. The first kappa shape index (κ1) is 13.5. The van der Waals surface area contributed by atoms with Crippen molar-refractivity contribution in [3.05, 3.63) is 51.8 Å². The van der Waals surface area contributed by atoms with Crippen molar-refractivity contribution < 1.29 is 14.7 Å². The van der Waals surface area contributed by atoms with Crippen LogP contribution >= 0.6 is 15.9 Å². The summed E-state index contributed by atoms with van der Waals surface area (Å²) in [6, 6.07) is 6.99. The molecule has 19 heavy (non-hydrogen) atoms. The molecule has 0 aliphatic rings. The van der Waals surface area contributed by atoms with Crippen molar-refractivity contribution in [2.75, 3.05) is 0 Å². The van der Waals surface area contributed by atoms with E-state index in [0.29, 0.717) is 11.3 Å². The third-order valence-corrected chi connectivity index (χ3v) is 3.21. The molecule has 1 aromatic heterocycles. The molecule has 2 aromatic rings. The lowest BCUT2D eigenvalue weighted by atomic mass is 10.2. The summed E-state index contributed by atoms with van der Waals surface area (Å²) in [4.78, 5) is 22.6. The van der Waals surface area contributed by atoms with Crippen molar-refractivity contribution in [2.24, 2.45) is 0 Å². The van der Waals surface area contributed by atoms with Crippen molar-refractivity contribution in [1.82, 2.24) is 4.57 Å². The number of nitrogens with zero attached hydrogens (tertiary/aromatic N) is 1. The monoisotopic (exact) mass is 321 g/mol. The summed E-state index contributed by atoms with van der Waals surface area (Å²) in [5, 5.41) is 9.22. The molecule has 0 bridgehead atoms. The van der Waals surface area contributed by atoms with Crippen molar-refractivity contribution in [2.45, 2.75) is 13.8 Å². The SMILES string of the molecule is CC(=O)c1cc(C(=O)O)n(-c2cc(C)cc(Br)c2)c1. The molecule has 0 radical (unpaired) electrons. The first-order chi connectivity index (χ1) is 8.88. The lowest BCUT2D eigenvalue weighted by Gasteiger charge is -2.08. The van der Waals surface area contributed by atoms with Crippen LogP contribution in [0.4, 0.5) is 0 Å². The molecule has 1 aromatic carbocycles. The number of carbonyl (C=O) groups excluding carboxylic acids is 1. The van der Waals surface area contributed by atoms with E-state index in [9.17, 15) is 14.7 Å². The van der Waals surface area contributed by atoms with Crippen LogP contribution in [0.25, 0.3) is 5.69 Å². The number of carbonyl (C=O) groups is 2. The Labute approximate surface area is 118 Å². The van der Waals surface area contributed by atoms with Gasteiger partial charge in [-0.25, -0.2) is 4.79 Å². The Hall–Kier alpha value is -1.88. The Bertz CT molecular complexity index is 653. The Morgan fingerprint density at radius 2 is 1.89 bits per heavy atom. The highest BCUT2D eigenvalue weighted by molar-refractivity contribution is 9.10. The van der Waals surface area contributed by atoms with Gasteiger partial charge in [-0.3, -0.25) is 4.79 Å². The topological polar surface area (TPSA) is 59.3 Å². The average Bonchev–Trinajstić information content (AvgIpc) is 2.72. The van der Waals surface area contributed by atoms with Crippen LogP contribution in [-0.4, -0.2) is 21.4 Å². The van der Waals surface area contributed by atoms with E-state index in [1.807, 2.05) is 25.1 Å². The molecule has 0 unspecified atom stereocenters. The number of aromatic carboxylic acids is 1. The fourth-order valence-electron chi connectivity index (χ4n) is 1.89. The Morgan fingerprint density at radius 1 is 1.21 bits per heavy atom. The molecule has 4 nitrogen and oxygen atoms in total. The van der Waals surface area contributed by atoms with E-state index in [4.69, 9.17) is 0 Å². The predicted octanol–water partition coefficient (Wildman–Crippen LogP) is 3.45. The molecule has 0 aliphatic carbocycles. The largest absolute Gasteiger partial charge is 0.477 e. The van der Waals surface area contributed by atoms with E-state index in [-0.39, 0.29) is 11.5 Å². The predicted molar refractivity (Wildman–Crippen MR) is 75.2 cm³/mol. The summed E-state index contributed by atoms with van der Waals surface area (Å²) in [5.41, 5.74) is 2.16. The zero-order valence-electron chi connectivity index (χ0n) is 10.5. The van der Waals surface area contributed by atoms with Gasteiger partial charge in [0.15, 0.2) is 5.78 Å². The third kappa shape index (κ3) is 2.76. The number of Topliss-reactive ketones (excluding diaryl/α,β-unsaturated/α-hetero) is 1. The van der Waals surface area contributed by atoms with Crippen LogP contribution in [0.2, 0.25) is 0 Å². The molecule has 0 saturated carbocycles. The van der Waals surface area contributed by atoms with Gasteiger partial charge in [-0.05, 0) is 43.7 Å². The number of carboxylic acid groups (broad SMARTS) is 1.